The highest BCUT2D eigenvalue weighted by atomic mass is 79.9. The van der Waals surface area contributed by atoms with Gasteiger partial charge in [-0.2, -0.15) is 5.10 Å². The molecular formula is C20H17BrClN9OS3. The molecule has 10 nitrogen and oxygen atoms in total. The molecule has 4 rings (SSSR count). The Morgan fingerprint density at radius 2 is 2.03 bits per heavy atom. The van der Waals surface area contributed by atoms with Gasteiger partial charge >= 0.3 is 0 Å². The molecule has 180 valence electrons. The summed E-state index contributed by atoms with van der Waals surface area (Å²) in [5.41, 5.74) is 4.69. The molecule has 0 aliphatic carbocycles. The van der Waals surface area contributed by atoms with E-state index < -0.39 is 0 Å². The maximum Gasteiger partial charge on any atom is 0.264 e. The molecule has 0 atom stereocenters. The van der Waals surface area contributed by atoms with Crippen molar-refractivity contribution in [3.05, 3.63) is 69.2 Å². The van der Waals surface area contributed by atoms with Crippen LogP contribution in [0.15, 0.2) is 67.6 Å². The fourth-order valence-corrected chi connectivity index (χ4v) is 5.59. The van der Waals surface area contributed by atoms with Crippen molar-refractivity contribution in [2.45, 2.75) is 15.2 Å². The number of anilines is 2. The molecule has 0 bridgehead atoms. The van der Waals surface area contributed by atoms with Crippen LogP contribution in [0.3, 0.4) is 0 Å². The van der Waals surface area contributed by atoms with Gasteiger partial charge in [-0.3, -0.25) is 10.1 Å². The van der Waals surface area contributed by atoms with Crippen LogP contribution in [0, 0.1) is 0 Å². The van der Waals surface area contributed by atoms with Gasteiger partial charge < -0.3 is 5.84 Å². The van der Waals surface area contributed by atoms with Crippen LogP contribution in [0.1, 0.15) is 11.1 Å². The van der Waals surface area contributed by atoms with Crippen LogP contribution < -0.4 is 16.6 Å². The standard InChI is InChI=1S/C20H17BrClN9OS3/c21-14-5-1-4-13(7-14)10-34-20-30-28-18(35-20)25-16(32)11-33-19-29-27-17(31(19)23)26-24-9-12-3-2-6-15(22)8-12/h1-9H,10-11,23H2,(H,26,27)(H,25,28,32)/b24-9+. The minimum atomic E-state index is -0.258. The van der Waals surface area contributed by atoms with E-state index in [1.165, 1.54) is 16.0 Å². The molecule has 4 N–H and O–H groups in total. The Bertz CT molecular complexity index is 1350. The summed E-state index contributed by atoms with van der Waals surface area (Å²) in [5.74, 6) is 6.79. The normalized spacial score (nSPS) is 11.1. The Hall–Kier alpha value is -2.65. The van der Waals surface area contributed by atoms with Gasteiger partial charge in [-0.25, -0.2) is 10.1 Å². The second-order valence-corrected chi connectivity index (χ2v) is 11.2. The minimum absolute atomic E-state index is 0.0706. The first-order chi connectivity index (χ1) is 17.0. The number of nitrogen functional groups attached to an aromatic ring is 1. The summed E-state index contributed by atoms with van der Waals surface area (Å²) in [6.45, 7) is 0. The number of thioether (sulfide) groups is 2. The van der Waals surface area contributed by atoms with Crippen LogP contribution in [0.4, 0.5) is 11.1 Å². The first-order valence-electron chi connectivity index (χ1n) is 9.85. The summed E-state index contributed by atoms with van der Waals surface area (Å²) < 4.78 is 3.01. The van der Waals surface area contributed by atoms with Crippen molar-refractivity contribution in [1.82, 2.24) is 25.1 Å². The zero-order chi connectivity index (χ0) is 24.6. The average molecular weight is 611 g/mol. The molecule has 0 spiro atoms. The molecule has 15 heteroatoms. The van der Waals surface area contributed by atoms with Crippen LogP contribution in [0.25, 0.3) is 0 Å². The highest BCUT2D eigenvalue weighted by molar-refractivity contribution is 9.10. The van der Waals surface area contributed by atoms with Gasteiger partial charge in [-0.15, -0.1) is 20.4 Å². The Morgan fingerprint density at radius 3 is 2.86 bits per heavy atom. The van der Waals surface area contributed by atoms with E-state index >= 15 is 0 Å². The van der Waals surface area contributed by atoms with E-state index in [1.807, 2.05) is 30.3 Å². The lowest BCUT2D eigenvalue weighted by molar-refractivity contribution is -0.113. The molecule has 4 aromatic rings. The predicted octanol–water partition coefficient (Wildman–Crippen LogP) is 4.73. The molecule has 0 fully saturated rings. The molecular weight excluding hydrogens is 594 g/mol. The summed E-state index contributed by atoms with van der Waals surface area (Å²) >= 11 is 13.4. The number of hydrazone groups is 1. The van der Waals surface area contributed by atoms with Gasteiger partial charge in [0.1, 0.15) is 0 Å². The third-order valence-electron chi connectivity index (χ3n) is 4.13. The summed E-state index contributed by atoms with van der Waals surface area (Å²) in [7, 11) is 0. The van der Waals surface area contributed by atoms with Crippen molar-refractivity contribution in [2.24, 2.45) is 5.10 Å². The van der Waals surface area contributed by atoms with Gasteiger partial charge in [0.2, 0.25) is 16.2 Å². The van der Waals surface area contributed by atoms with Crippen molar-refractivity contribution >= 4 is 85.6 Å². The molecule has 2 heterocycles. The number of carbonyl (C=O) groups is 1. The number of hydrogen-bond acceptors (Lipinski definition) is 11. The topological polar surface area (TPSA) is 136 Å². The summed E-state index contributed by atoms with van der Waals surface area (Å²) in [6, 6.07) is 15.3. The van der Waals surface area contributed by atoms with Crippen molar-refractivity contribution in [3.8, 4) is 0 Å². The Balaban J connectivity index is 1.23. The largest absolute Gasteiger partial charge is 0.334 e. The third kappa shape index (κ3) is 7.67. The van der Waals surface area contributed by atoms with E-state index in [9.17, 15) is 4.79 Å². The number of hydrogen-bond donors (Lipinski definition) is 3. The van der Waals surface area contributed by atoms with Gasteiger partial charge in [0, 0.05) is 15.2 Å². The second-order valence-electron chi connectivity index (χ2n) is 6.73. The number of rotatable bonds is 10. The quantitative estimate of drug-likeness (QED) is 0.0765. The fraction of sp³-hybridized carbons (Fsp3) is 0.100. The first kappa shape index (κ1) is 25.4. The van der Waals surface area contributed by atoms with Crippen molar-refractivity contribution in [1.29, 1.82) is 0 Å². The number of halogens is 2. The summed E-state index contributed by atoms with van der Waals surface area (Å²) in [5, 5.41) is 24.3. The Morgan fingerprint density at radius 1 is 1.17 bits per heavy atom. The lowest BCUT2D eigenvalue weighted by Crippen LogP contribution is -2.16. The fourth-order valence-electron chi connectivity index (χ4n) is 2.58. The van der Waals surface area contributed by atoms with E-state index in [2.05, 4.69) is 58.2 Å². The van der Waals surface area contributed by atoms with Crippen LogP contribution in [-0.4, -0.2) is 42.9 Å². The number of amides is 1. The van der Waals surface area contributed by atoms with E-state index in [4.69, 9.17) is 17.4 Å². The van der Waals surface area contributed by atoms with E-state index in [0.29, 0.717) is 15.3 Å². The Labute approximate surface area is 226 Å². The molecule has 0 saturated carbocycles. The molecule has 35 heavy (non-hydrogen) atoms. The van der Waals surface area contributed by atoms with Crippen molar-refractivity contribution < 1.29 is 4.79 Å². The minimum Gasteiger partial charge on any atom is -0.334 e. The van der Waals surface area contributed by atoms with Gasteiger partial charge in [-0.1, -0.05) is 86.7 Å². The smallest absolute Gasteiger partial charge is 0.264 e. The van der Waals surface area contributed by atoms with Crippen LogP contribution in [0.2, 0.25) is 5.02 Å². The highest BCUT2D eigenvalue weighted by Gasteiger charge is 2.14. The number of nitrogens with zero attached hydrogens (tertiary/aromatic N) is 6. The van der Waals surface area contributed by atoms with Crippen LogP contribution in [-0.2, 0) is 10.5 Å². The van der Waals surface area contributed by atoms with Crippen LogP contribution >= 0.6 is 62.4 Å². The average Bonchev–Trinajstić information content (AvgIpc) is 3.43. The third-order valence-corrected chi connectivity index (χ3v) is 7.84. The van der Waals surface area contributed by atoms with Gasteiger partial charge in [0.15, 0.2) is 4.34 Å². The number of nitrogens with one attached hydrogen (secondary N) is 2. The first-order valence-corrected chi connectivity index (χ1v) is 13.8. The molecule has 0 aliphatic rings. The zero-order valence-electron chi connectivity index (χ0n) is 17.8. The van der Waals surface area contributed by atoms with Gasteiger partial charge in [0.25, 0.3) is 5.95 Å². The molecule has 2 aromatic carbocycles. The number of nitrogens with two attached hydrogens (primary N) is 1. The number of benzene rings is 2. The number of carbonyl (C=O) groups excluding carboxylic acids is 1. The summed E-state index contributed by atoms with van der Waals surface area (Å²) in [6.07, 6.45) is 1.58. The second kappa shape index (κ2) is 12.4. The van der Waals surface area contributed by atoms with Gasteiger partial charge in [-0.05, 0) is 35.4 Å². The van der Waals surface area contributed by atoms with E-state index in [-0.39, 0.29) is 17.6 Å². The maximum absolute atomic E-state index is 12.3. The lowest BCUT2D eigenvalue weighted by atomic mass is 10.2. The molecule has 0 unspecified atom stereocenters. The van der Waals surface area contributed by atoms with E-state index in [0.717, 1.165) is 37.5 Å². The van der Waals surface area contributed by atoms with Crippen molar-refractivity contribution in [2.75, 3.05) is 22.3 Å². The molecule has 2 aromatic heterocycles. The molecule has 0 radical (unpaired) electrons. The molecule has 0 saturated heterocycles. The number of aromatic nitrogens is 5. The maximum atomic E-state index is 12.3. The zero-order valence-corrected chi connectivity index (χ0v) is 22.6. The summed E-state index contributed by atoms with van der Waals surface area (Å²) in [4.78, 5) is 12.3. The Kier molecular flexibility index (Phi) is 8.98. The monoisotopic (exact) mass is 609 g/mol. The van der Waals surface area contributed by atoms with Crippen LogP contribution in [0.5, 0.6) is 0 Å². The van der Waals surface area contributed by atoms with Gasteiger partial charge in [0.05, 0.1) is 12.0 Å². The van der Waals surface area contributed by atoms with Crippen molar-refractivity contribution in [3.63, 3.8) is 0 Å². The molecule has 1 amide bonds. The lowest BCUT2D eigenvalue weighted by Gasteiger charge is -2.03. The molecule has 0 aliphatic heterocycles. The predicted molar refractivity (Wildman–Crippen MR) is 146 cm³/mol. The van der Waals surface area contributed by atoms with E-state index in [1.54, 1.807) is 30.1 Å². The SMILES string of the molecule is Nn1c(N/N=C/c2cccc(Cl)c2)nnc1SCC(=O)Nc1nnc(SCc2cccc(Br)c2)s1. The highest BCUT2D eigenvalue weighted by Crippen LogP contribution is 2.29.